The molecule has 16 heavy (non-hydrogen) atoms. The van der Waals surface area contributed by atoms with E-state index in [-0.39, 0.29) is 11.3 Å². The van der Waals surface area contributed by atoms with Crippen molar-refractivity contribution in [3.05, 3.63) is 0 Å². The van der Waals surface area contributed by atoms with Gasteiger partial charge in [0.05, 0.1) is 6.54 Å². The summed E-state index contributed by atoms with van der Waals surface area (Å²) in [4.78, 5) is 13.7. The van der Waals surface area contributed by atoms with Crippen molar-refractivity contribution in [1.29, 1.82) is 0 Å². The highest BCUT2D eigenvalue weighted by atomic mass is 16.1. The van der Waals surface area contributed by atoms with Gasteiger partial charge in [-0.25, -0.2) is 0 Å². The molecule has 1 aliphatic heterocycles. The van der Waals surface area contributed by atoms with E-state index < -0.39 is 0 Å². The Labute approximate surface area is 98.8 Å². The molecule has 1 rings (SSSR count). The lowest BCUT2D eigenvalue weighted by atomic mass is 9.78. The van der Waals surface area contributed by atoms with E-state index in [4.69, 9.17) is 0 Å². The van der Waals surface area contributed by atoms with Gasteiger partial charge in [0.15, 0.2) is 0 Å². The Hall–Kier alpha value is -0.610. The van der Waals surface area contributed by atoms with Crippen LogP contribution in [-0.4, -0.2) is 51.1 Å². The minimum atomic E-state index is 0.0851. The Morgan fingerprint density at radius 1 is 1.50 bits per heavy atom. The highest BCUT2D eigenvalue weighted by Crippen LogP contribution is 2.32. The lowest BCUT2D eigenvalue weighted by Gasteiger charge is -2.31. The summed E-state index contributed by atoms with van der Waals surface area (Å²) in [6.07, 6.45) is 1.24. The number of rotatable bonds is 5. The van der Waals surface area contributed by atoms with Crippen LogP contribution < -0.4 is 10.6 Å². The van der Waals surface area contributed by atoms with Crippen molar-refractivity contribution >= 4 is 5.91 Å². The molecule has 0 spiro atoms. The van der Waals surface area contributed by atoms with Crippen LogP contribution in [0.2, 0.25) is 0 Å². The predicted octanol–water partition coefficient (Wildman–Crippen LogP) is 0.300. The van der Waals surface area contributed by atoms with E-state index in [0.717, 1.165) is 13.1 Å². The minimum Gasteiger partial charge on any atom is -0.354 e. The van der Waals surface area contributed by atoms with Gasteiger partial charge in [0.1, 0.15) is 0 Å². The van der Waals surface area contributed by atoms with E-state index in [9.17, 15) is 4.79 Å². The molecule has 1 heterocycles. The molecule has 0 aliphatic carbocycles. The molecule has 1 unspecified atom stereocenters. The number of likely N-dealkylation sites (tertiary alicyclic amines) is 1. The molecule has 2 N–H and O–H groups in total. The molecule has 1 saturated heterocycles. The number of amides is 1. The topological polar surface area (TPSA) is 44.4 Å². The molecule has 0 aromatic carbocycles. The lowest BCUT2D eigenvalue weighted by molar-refractivity contribution is -0.120. The smallest absolute Gasteiger partial charge is 0.233 e. The van der Waals surface area contributed by atoms with Crippen molar-refractivity contribution < 1.29 is 4.79 Å². The normalized spacial score (nSPS) is 22.4. The molecule has 1 fully saturated rings. The maximum atomic E-state index is 11.4. The first kappa shape index (κ1) is 13.5. The first-order valence-electron chi connectivity index (χ1n) is 6.05. The molecule has 4 nitrogen and oxygen atoms in total. The second-order valence-corrected chi connectivity index (χ2v) is 5.54. The average Bonchev–Trinajstić information content (AvgIpc) is 2.63. The van der Waals surface area contributed by atoms with E-state index in [1.807, 2.05) is 0 Å². The van der Waals surface area contributed by atoms with Gasteiger partial charge in [-0.2, -0.15) is 0 Å². The molecular weight excluding hydrogens is 202 g/mol. The van der Waals surface area contributed by atoms with Crippen LogP contribution in [0.1, 0.15) is 20.3 Å². The minimum absolute atomic E-state index is 0.0851. The number of nitrogens with zero attached hydrogens (tertiary/aromatic N) is 1. The van der Waals surface area contributed by atoms with E-state index >= 15 is 0 Å². The Morgan fingerprint density at radius 2 is 2.19 bits per heavy atom. The van der Waals surface area contributed by atoms with Gasteiger partial charge in [-0.3, -0.25) is 4.79 Å². The average molecular weight is 227 g/mol. The molecular formula is C12H25N3O. The van der Waals surface area contributed by atoms with Crippen LogP contribution in [0, 0.1) is 11.3 Å². The fourth-order valence-electron chi connectivity index (χ4n) is 2.27. The van der Waals surface area contributed by atoms with Crippen LogP contribution in [0.3, 0.4) is 0 Å². The van der Waals surface area contributed by atoms with E-state index in [1.54, 1.807) is 7.05 Å². The summed E-state index contributed by atoms with van der Waals surface area (Å²) in [5.74, 6) is 0.773. The summed E-state index contributed by atoms with van der Waals surface area (Å²) < 4.78 is 0. The maximum absolute atomic E-state index is 11.4. The summed E-state index contributed by atoms with van der Waals surface area (Å²) >= 11 is 0. The summed E-state index contributed by atoms with van der Waals surface area (Å²) in [5.41, 5.74) is 0.189. The first-order chi connectivity index (χ1) is 7.45. The van der Waals surface area contributed by atoms with Gasteiger partial charge in [0.2, 0.25) is 5.91 Å². The third-order valence-corrected chi connectivity index (χ3v) is 3.58. The van der Waals surface area contributed by atoms with Crippen molar-refractivity contribution in [2.75, 3.05) is 40.3 Å². The Kier molecular flexibility index (Phi) is 4.74. The molecule has 0 aromatic rings. The van der Waals surface area contributed by atoms with Crippen LogP contribution >= 0.6 is 0 Å². The van der Waals surface area contributed by atoms with E-state index in [2.05, 4.69) is 36.4 Å². The zero-order chi connectivity index (χ0) is 12.2. The number of carbonyl (C=O) groups excluding carboxylic acids is 1. The second kappa shape index (κ2) is 5.64. The molecule has 4 heteroatoms. The molecule has 1 amide bonds. The van der Waals surface area contributed by atoms with Crippen LogP contribution in [0.5, 0.6) is 0 Å². The quantitative estimate of drug-likeness (QED) is 0.710. The first-order valence-corrected chi connectivity index (χ1v) is 6.05. The molecule has 1 atom stereocenters. The highest BCUT2D eigenvalue weighted by Gasteiger charge is 2.33. The van der Waals surface area contributed by atoms with Crippen LogP contribution in [0.4, 0.5) is 0 Å². The Bertz CT molecular complexity index is 240. The van der Waals surface area contributed by atoms with Crippen LogP contribution in [0.25, 0.3) is 0 Å². The van der Waals surface area contributed by atoms with E-state index in [1.165, 1.54) is 13.0 Å². The van der Waals surface area contributed by atoms with Crippen LogP contribution in [-0.2, 0) is 4.79 Å². The standard InChI is InChI=1S/C12H25N3O/c1-12(2,9-14-11(16)7-13-3)10-5-6-15(4)8-10/h10,13H,5-9H2,1-4H3,(H,14,16). The van der Waals surface area contributed by atoms with Crippen molar-refractivity contribution in [3.63, 3.8) is 0 Å². The van der Waals surface area contributed by atoms with Gasteiger partial charge < -0.3 is 15.5 Å². The van der Waals surface area contributed by atoms with Gasteiger partial charge in [-0.1, -0.05) is 13.8 Å². The van der Waals surface area contributed by atoms with Crippen molar-refractivity contribution in [1.82, 2.24) is 15.5 Å². The number of nitrogens with one attached hydrogen (secondary N) is 2. The second-order valence-electron chi connectivity index (χ2n) is 5.54. The number of carbonyl (C=O) groups is 1. The summed E-state index contributed by atoms with van der Waals surface area (Å²) in [6.45, 7) is 7.99. The fraction of sp³-hybridized carbons (Fsp3) is 0.917. The van der Waals surface area contributed by atoms with Gasteiger partial charge in [0, 0.05) is 13.1 Å². The fourth-order valence-corrected chi connectivity index (χ4v) is 2.27. The number of likely N-dealkylation sites (N-methyl/N-ethyl adjacent to an activating group) is 1. The molecule has 0 bridgehead atoms. The number of hydrogen-bond donors (Lipinski definition) is 2. The predicted molar refractivity (Wildman–Crippen MR) is 66.3 cm³/mol. The van der Waals surface area contributed by atoms with Gasteiger partial charge >= 0.3 is 0 Å². The monoisotopic (exact) mass is 227 g/mol. The summed E-state index contributed by atoms with van der Waals surface area (Å²) in [5, 5.41) is 5.86. The molecule has 0 radical (unpaired) electrons. The molecule has 1 aliphatic rings. The van der Waals surface area contributed by atoms with Gasteiger partial charge in [0.25, 0.3) is 0 Å². The van der Waals surface area contributed by atoms with Crippen molar-refractivity contribution in [2.24, 2.45) is 11.3 Å². The van der Waals surface area contributed by atoms with Crippen LogP contribution in [0.15, 0.2) is 0 Å². The molecule has 0 aromatic heterocycles. The lowest BCUT2D eigenvalue weighted by Crippen LogP contribution is -2.42. The Balaban J connectivity index is 2.36. The zero-order valence-electron chi connectivity index (χ0n) is 11.0. The maximum Gasteiger partial charge on any atom is 0.233 e. The summed E-state index contributed by atoms with van der Waals surface area (Å²) in [7, 11) is 3.95. The zero-order valence-corrected chi connectivity index (χ0v) is 11.0. The van der Waals surface area contributed by atoms with Gasteiger partial charge in [-0.15, -0.1) is 0 Å². The third-order valence-electron chi connectivity index (χ3n) is 3.58. The molecule has 94 valence electrons. The number of hydrogen-bond acceptors (Lipinski definition) is 3. The third kappa shape index (κ3) is 3.76. The molecule has 0 saturated carbocycles. The largest absolute Gasteiger partial charge is 0.354 e. The van der Waals surface area contributed by atoms with Gasteiger partial charge in [-0.05, 0) is 38.4 Å². The highest BCUT2D eigenvalue weighted by molar-refractivity contribution is 5.77. The van der Waals surface area contributed by atoms with Crippen molar-refractivity contribution in [2.45, 2.75) is 20.3 Å². The summed E-state index contributed by atoms with van der Waals surface area (Å²) in [6, 6.07) is 0. The van der Waals surface area contributed by atoms with E-state index in [0.29, 0.717) is 12.5 Å². The SMILES string of the molecule is CNCC(=O)NCC(C)(C)C1CCN(C)C1. The Morgan fingerprint density at radius 3 is 2.69 bits per heavy atom. The van der Waals surface area contributed by atoms with Crippen molar-refractivity contribution in [3.8, 4) is 0 Å².